The molecule has 1 fully saturated rings. The molecule has 0 aromatic heterocycles. The Morgan fingerprint density at radius 2 is 2.14 bits per heavy atom. The normalized spacial score (nSPS) is 34.4. The van der Waals surface area contributed by atoms with Gasteiger partial charge in [-0.05, 0) is 29.8 Å². The molecule has 14 heavy (non-hydrogen) atoms. The Kier molecular flexibility index (Phi) is 4.23. The fourth-order valence-corrected chi connectivity index (χ4v) is 5.06. The lowest BCUT2D eigenvalue weighted by Gasteiger charge is -2.20. The third-order valence-corrected chi connectivity index (χ3v) is 6.52. The average molecular weight is 265 g/mol. The third kappa shape index (κ3) is 3.16. The van der Waals surface area contributed by atoms with Crippen LogP contribution in [0.1, 0.15) is 12.8 Å². The van der Waals surface area contributed by atoms with E-state index in [1.165, 1.54) is 17.9 Å². The van der Waals surface area contributed by atoms with E-state index in [4.69, 9.17) is 11.6 Å². The minimum absolute atomic E-state index is 0.182. The number of allylic oxidation sites excluding steroid dienone is 1. The molecule has 2 aliphatic heterocycles. The van der Waals surface area contributed by atoms with E-state index in [1.807, 2.05) is 23.5 Å². The first-order valence-electron chi connectivity index (χ1n) is 4.73. The van der Waals surface area contributed by atoms with Crippen LogP contribution in [0, 0.1) is 0 Å². The van der Waals surface area contributed by atoms with Gasteiger partial charge in [0.2, 0.25) is 0 Å². The summed E-state index contributed by atoms with van der Waals surface area (Å²) in [5.41, 5.74) is 0. The van der Waals surface area contributed by atoms with Crippen LogP contribution >= 0.6 is 46.9 Å². The molecule has 0 spiro atoms. The molecule has 78 valence electrons. The predicted octanol–water partition coefficient (Wildman–Crippen LogP) is 4.32. The van der Waals surface area contributed by atoms with Gasteiger partial charge in [0.05, 0.1) is 4.58 Å². The van der Waals surface area contributed by atoms with Gasteiger partial charge < -0.3 is 0 Å². The number of thioether (sulfide) groups is 3. The Balaban J connectivity index is 1.85. The van der Waals surface area contributed by atoms with Gasteiger partial charge in [0.1, 0.15) is 4.21 Å². The molecule has 1 unspecified atom stereocenters. The zero-order chi connectivity index (χ0) is 9.86. The lowest BCUT2D eigenvalue weighted by Crippen LogP contribution is -2.09. The van der Waals surface area contributed by atoms with Crippen LogP contribution in [0.4, 0.5) is 0 Å². The zero-order valence-corrected chi connectivity index (χ0v) is 11.0. The van der Waals surface area contributed by atoms with Crippen molar-refractivity contribution in [1.82, 2.24) is 0 Å². The van der Waals surface area contributed by atoms with Gasteiger partial charge in [-0.1, -0.05) is 18.2 Å². The first-order valence-corrected chi connectivity index (χ1v) is 8.08. The van der Waals surface area contributed by atoms with Gasteiger partial charge in [0.25, 0.3) is 0 Å². The molecular weight excluding hydrogens is 252 g/mol. The molecule has 0 N–H and O–H groups in total. The SMILES string of the molecule is ClC1(/C=C\C2SCCCS2)CC=CS1. The molecule has 2 heterocycles. The van der Waals surface area contributed by atoms with E-state index in [9.17, 15) is 0 Å². The molecular formula is C10H13ClS3. The van der Waals surface area contributed by atoms with E-state index in [1.54, 1.807) is 11.8 Å². The van der Waals surface area contributed by atoms with Crippen LogP contribution in [0.5, 0.6) is 0 Å². The molecule has 0 aromatic carbocycles. The Hall–Kier alpha value is 0.820. The van der Waals surface area contributed by atoms with Gasteiger partial charge in [-0.15, -0.1) is 46.9 Å². The lowest BCUT2D eigenvalue weighted by molar-refractivity contribution is 1.01. The van der Waals surface area contributed by atoms with E-state index in [2.05, 4.69) is 23.6 Å². The van der Waals surface area contributed by atoms with Crippen LogP contribution in [0.3, 0.4) is 0 Å². The number of hydrogen-bond acceptors (Lipinski definition) is 3. The number of alkyl halides is 1. The highest BCUT2D eigenvalue weighted by Crippen LogP contribution is 2.42. The number of hydrogen-bond donors (Lipinski definition) is 0. The van der Waals surface area contributed by atoms with E-state index in [0.717, 1.165) is 6.42 Å². The smallest absolute Gasteiger partial charge is 0.115 e. The Bertz CT molecular complexity index is 236. The molecule has 0 amide bonds. The first-order chi connectivity index (χ1) is 6.79. The van der Waals surface area contributed by atoms with Gasteiger partial charge in [0, 0.05) is 0 Å². The Morgan fingerprint density at radius 1 is 1.36 bits per heavy atom. The van der Waals surface area contributed by atoms with Crippen molar-refractivity contribution in [3.63, 3.8) is 0 Å². The second-order valence-electron chi connectivity index (χ2n) is 3.30. The summed E-state index contributed by atoms with van der Waals surface area (Å²) in [6, 6.07) is 0. The predicted molar refractivity (Wildman–Crippen MR) is 72.4 cm³/mol. The highest BCUT2D eigenvalue weighted by atomic mass is 35.5. The van der Waals surface area contributed by atoms with E-state index >= 15 is 0 Å². The summed E-state index contributed by atoms with van der Waals surface area (Å²) in [5.74, 6) is 2.59. The minimum atomic E-state index is -0.182. The van der Waals surface area contributed by atoms with Crippen molar-refractivity contribution in [2.45, 2.75) is 21.6 Å². The van der Waals surface area contributed by atoms with Crippen LogP contribution in [-0.4, -0.2) is 20.3 Å². The molecule has 0 bridgehead atoms. The number of rotatable bonds is 2. The second-order valence-corrected chi connectivity index (χ2v) is 8.23. The maximum absolute atomic E-state index is 6.39. The van der Waals surface area contributed by atoms with Crippen molar-refractivity contribution in [2.24, 2.45) is 0 Å². The monoisotopic (exact) mass is 264 g/mol. The quantitative estimate of drug-likeness (QED) is 0.538. The topological polar surface area (TPSA) is 0 Å². The minimum Gasteiger partial charge on any atom is -0.143 e. The van der Waals surface area contributed by atoms with Gasteiger partial charge in [0.15, 0.2) is 0 Å². The summed E-state index contributed by atoms with van der Waals surface area (Å²) in [6.45, 7) is 0. The molecule has 1 atom stereocenters. The fourth-order valence-electron chi connectivity index (χ4n) is 1.36. The van der Waals surface area contributed by atoms with E-state index < -0.39 is 0 Å². The molecule has 0 nitrogen and oxygen atoms in total. The standard InChI is InChI=1S/C10H13ClS3/c11-10(4-1-8-14-10)5-3-9-12-6-2-7-13-9/h1,3,5,8-9H,2,4,6-7H2/b5-3-. The van der Waals surface area contributed by atoms with Crippen LogP contribution < -0.4 is 0 Å². The molecule has 0 aromatic rings. The molecule has 2 aliphatic rings. The molecule has 0 saturated carbocycles. The highest BCUT2D eigenvalue weighted by Gasteiger charge is 2.26. The third-order valence-electron chi connectivity index (χ3n) is 2.11. The van der Waals surface area contributed by atoms with E-state index in [-0.39, 0.29) is 4.21 Å². The molecule has 1 saturated heterocycles. The highest BCUT2D eigenvalue weighted by molar-refractivity contribution is 8.17. The lowest BCUT2D eigenvalue weighted by atomic mass is 10.3. The molecule has 0 aliphatic carbocycles. The Labute approximate surface area is 103 Å². The van der Waals surface area contributed by atoms with Crippen LogP contribution in [0.25, 0.3) is 0 Å². The molecule has 2 rings (SSSR count). The molecule has 0 radical (unpaired) electrons. The summed E-state index contributed by atoms with van der Waals surface area (Å²) in [4.78, 5) is 0. The van der Waals surface area contributed by atoms with Crippen molar-refractivity contribution in [3.05, 3.63) is 23.6 Å². The van der Waals surface area contributed by atoms with Gasteiger partial charge in [-0.2, -0.15) is 0 Å². The Morgan fingerprint density at radius 3 is 2.79 bits per heavy atom. The summed E-state index contributed by atoms with van der Waals surface area (Å²) in [7, 11) is 0. The van der Waals surface area contributed by atoms with Crippen molar-refractivity contribution in [3.8, 4) is 0 Å². The average Bonchev–Trinajstić information content (AvgIpc) is 2.65. The van der Waals surface area contributed by atoms with Crippen molar-refractivity contribution in [1.29, 1.82) is 0 Å². The van der Waals surface area contributed by atoms with Crippen LogP contribution in [0.15, 0.2) is 23.6 Å². The van der Waals surface area contributed by atoms with Crippen LogP contribution in [0.2, 0.25) is 0 Å². The van der Waals surface area contributed by atoms with Gasteiger partial charge in [-0.3, -0.25) is 0 Å². The van der Waals surface area contributed by atoms with Crippen LogP contribution in [-0.2, 0) is 0 Å². The second kappa shape index (κ2) is 5.24. The van der Waals surface area contributed by atoms with Crippen molar-refractivity contribution in [2.75, 3.05) is 11.5 Å². The van der Waals surface area contributed by atoms with Crippen molar-refractivity contribution < 1.29 is 0 Å². The maximum Gasteiger partial charge on any atom is 0.115 e. The summed E-state index contributed by atoms with van der Waals surface area (Å²) in [5, 5.41) is 2.10. The van der Waals surface area contributed by atoms with E-state index in [0.29, 0.717) is 4.58 Å². The van der Waals surface area contributed by atoms with Gasteiger partial charge >= 0.3 is 0 Å². The fraction of sp³-hybridized carbons (Fsp3) is 0.600. The zero-order valence-electron chi connectivity index (χ0n) is 7.82. The molecule has 4 heteroatoms. The summed E-state index contributed by atoms with van der Waals surface area (Å²) < 4.78 is 0.444. The summed E-state index contributed by atoms with van der Waals surface area (Å²) in [6.07, 6.45) is 8.90. The maximum atomic E-state index is 6.39. The number of halogens is 1. The van der Waals surface area contributed by atoms with Crippen molar-refractivity contribution >= 4 is 46.9 Å². The van der Waals surface area contributed by atoms with Gasteiger partial charge in [-0.25, -0.2) is 0 Å². The first kappa shape index (κ1) is 11.3. The summed E-state index contributed by atoms with van der Waals surface area (Å²) >= 11 is 12.2. The largest absolute Gasteiger partial charge is 0.143 e.